The van der Waals surface area contributed by atoms with Gasteiger partial charge in [-0.2, -0.15) is 8.78 Å². The Morgan fingerprint density at radius 3 is 2.50 bits per heavy atom. The first kappa shape index (κ1) is 14.2. The minimum Gasteiger partial charge on any atom is -0.493 e. The zero-order chi connectivity index (χ0) is 13.7. The van der Waals surface area contributed by atoms with Crippen LogP contribution >= 0.6 is 0 Å². The van der Waals surface area contributed by atoms with Crippen LogP contribution in [-0.2, 0) is 4.79 Å². The minimum atomic E-state index is -2.95. The number of rotatable bonds is 5. The average Bonchev–Trinajstić information content (AvgIpc) is 2.30. The number of para-hydroxylation sites is 1. The van der Waals surface area contributed by atoms with E-state index in [0.717, 1.165) is 0 Å². The summed E-state index contributed by atoms with van der Waals surface area (Å²) < 4.78 is 34.1. The van der Waals surface area contributed by atoms with Gasteiger partial charge in [-0.3, -0.25) is 4.79 Å². The molecule has 0 N–H and O–H groups in total. The number of ether oxygens (including phenoxy) is 2. The maximum atomic E-state index is 12.3. The molecule has 18 heavy (non-hydrogen) atoms. The van der Waals surface area contributed by atoms with Gasteiger partial charge in [-0.25, -0.2) is 0 Å². The van der Waals surface area contributed by atoms with Gasteiger partial charge in [0.1, 0.15) is 0 Å². The predicted molar refractivity (Wildman–Crippen MR) is 64.0 cm³/mol. The number of allylic oxidation sites excluding steroid dienone is 1. The number of carbonyl (C=O) groups is 1. The van der Waals surface area contributed by atoms with Gasteiger partial charge in [0.2, 0.25) is 0 Å². The number of ketones is 1. The number of alkyl halides is 2. The Kier molecular flexibility index (Phi) is 4.83. The summed E-state index contributed by atoms with van der Waals surface area (Å²) in [5, 5.41) is 0. The monoisotopic (exact) mass is 256 g/mol. The molecule has 0 saturated carbocycles. The number of methoxy groups -OCH3 is 1. The van der Waals surface area contributed by atoms with Crippen LogP contribution in [0.4, 0.5) is 8.78 Å². The van der Waals surface area contributed by atoms with Crippen molar-refractivity contribution in [1.82, 2.24) is 0 Å². The molecule has 0 fully saturated rings. The molecule has 0 amide bonds. The van der Waals surface area contributed by atoms with Gasteiger partial charge in [-0.05, 0) is 31.6 Å². The maximum absolute atomic E-state index is 12.3. The molecule has 0 heterocycles. The summed E-state index contributed by atoms with van der Waals surface area (Å²) in [5.41, 5.74) is 0.824. The predicted octanol–water partition coefficient (Wildman–Crippen LogP) is 3.29. The van der Waals surface area contributed by atoms with E-state index in [1.165, 1.54) is 26.2 Å². The SMILES string of the molecule is COc1cccc(/C=C(/C)C(C)=O)c1OC(F)F. The van der Waals surface area contributed by atoms with Crippen molar-refractivity contribution in [2.24, 2.45) is 0 Å². The van der Waals surface area contributed by atoms with Crippen molar-refractivity contribution in [3.8, 4) is 11.5 Å². The van der Waals surface area contributed by atoms with E-state index < -0.39 is 6.61 Å². The second-order valence-corrected chi connectivity index (χ2v) is 3.64. The van der Waals surface area contributed by atoms with Crippen LogP contribution in [0.5, 0.6) is 11.5 Å². The Balaban J connectivity index is 3.25. The first-order chi connectivity index (χ1) is 8.45. The maximum Gasteiger partial charge on any atom is 0.387 e. The quantitative estimate of drug-likeness (QED) is 0.758. The molecule has 0 saturated heterocycles. The third-order valence-electron chi connectivity index (χ3n) is 2.36. The number of Topliss-reactive ketones (excluding diaryl/α,β-unsaturated/α-hetero) is 1. The molecule has 1 rings (SSSR count). The fourth-order valence-electron chi connectivity index (χ4n) is 1.36. The highest BCUT2D eigenvalue weighted by Crippen LogP contribution is 2.33. The average molecular weight is 256 g/mol. The first-order valence-corrected chi connectivity index (χ1v) is 5.26. The van der Waals surface area contributed by atoms with Crippen molar-refractivity contribution in [3.05, 3.63) is 29.3 Å². The van der Waals surface area contributed by atoms with E-state index in [4.69, 9.17) is 4.74 Å². The summed E-state index contributed by atoms with van der Waals surface area (Å²) in [5.74, 6) is -0.0168. The summed E-state index contributed by atoms with van der Waals surface area (Å²) in [7, 11) is 1.36. The Bertz CT molecular complexity index is 467. The van der Waals surface area contributed by atoms with Gasteiger partial charge < -0.3 is 9.47 Å². The molecule has 98 valence electrons. The lowest BCUT2D eigenvalue weighted by atomic mass is 10.1. The van der Waals surface area contributed by atoms with Crippen LogP contribution in [0.15, 0.2) is 23.8 Å². The lowest BCUT2D eigenvalue weighted by Crippen LogP contribution is -2.05. The third-order valence-corrected chi connectivity index (χ3v) is 2.36. The molecule has 0 bridgehead atoms. The van der Waals surface area contributed by atoms with E-state index in [1.54, 1.807) is 19.1 Å². The Hall–Kier alpha value is -1.91. The molecule has 5 heteroatoms. The van der Waals surface area contributed by atoms with Crippen molar-refractivity contribution in [3.63, 3.8) is 0 Å². The molecule has 0 aromatic heterocycles. The van der Waals surface area contributed by atoms with E-state index in [-0.39, 0.29) is 17.3 Å². The fourth-order valence-corrected chi connectivity index (χ4v) is 1.36. The largest absolute Gasteiger partial charge is 0.493 e. The third kappa shape index (κ3) is 3.55. The highest BCUT2D eigenvalue weighted by molar-refractivity contribution is 5.97. The van der Waals surface area contributed by atoms with E-state index in [9.17, 15) is 13.6 Å². The van der Waals surface area contributed by atoms with Crippen LogP contribution < -0.4 is 9.47 Å². The minimum absolute atomic E-state index is 0.0735. The first-order valence-electron chi connectivity index (χ1n) is 5.26. The van der Waals surface area contributed by atoms with Gasteiger partial charge in [-0.15, -0.1) is 0 Å². The van der Waals surface area contributed by atoms with Crippen LogP contribution in [0.3, 0.4) is 0 Å². The molecule has 0 spiro atoms. The summed E-state index contributed by atoms with van der Waals surface area (Å²) in [6.07, 6.45) is 1.49. The number of halogens is 2. The Morgan fingerprint density at radius 1 is 1.33 bits per heavy atom. The topological polar surface area (TPSA) is 35.5 Å². The summed E-state index contributed by atoms with van der Waals surface area (Å²) in [6.45, 7) is 0.0549. The molecular weight excluding hydrogens is 242 g/mol. The molecule has 0 unspecified atom stereocenters. The van der Waals surface area contributed by atoms with E-state index in [1.807, 2.05) is 0 Å². The molecule has 0 aliphatic rings. The highest BCUT2D eigenvalue weighted by atomic mass is 19.3. The molecule has 3 nitrogen and oxygen atoms in total. The molecule has 1 aromatic rings. The van der Waals surface area contributed by atoms with Gasteiger partial charge in [-0.1, -0.05) is 12.1 Å². The van der Waals surface area contributed by atoms with Crippen LogP contribution in [0.1, 0.15) is 19.4 Å². The summed E-state index contributed by atoms with van der Waals surface area (Å²) in [4.78, 5) is 11.1. The summed E-state index contributed by atoms with van der Waals surface area (Å²) in [6, 6.07) is 4.72. The number of hydrogen-bond acceptors (Lipinski definition) is 3. The van der Waals surface area contributed by atoms with Crippen LogP contribution in [0.25, 0.3) is 6.08 Å². The fraction of sp³-hybridized carbons (Fsp3) is 0.308. The van der Waals surface area contributed by atoms with Gasteiger partial charge in [0, 0.05) is 5.56 Å². The summed E-state index contributed by atoms with van der Waals surface area (Å²) >= 11 is 0. The number of hydrogen-bond donors (Lipinski definition) is 0. The zero-order valence-corrected chi connectivity index (χ0v) is 10.4. The molecular formula is C13H14F2O3. The van der Waals surface area contributed by atoms with Gasteiger partial charge in [0.25, 0.3) is 0 Å². The van der Waals surface area contributed by atoms with Gasteiger partial charge in [0.15, 0.2) is 17.3 Å². The molecule has 0 radical (unpaired) electrons. The molecule has 0 atom stereocenters. The standard InChI is InChI=1S/C13H14F2O3/c1-8(9(2)16)7-10-5-4-6-11(17-3)12(10)18-13(14)15/h4-7,13H,1-3H3/b8-7-. The Morgan fingerprint density at radius 2 is 2.00 bits per heavy atom. The Labute approximate surface area is 104 Å². The van der Waals surface area contributed by atoms with Crippen LogP contribution in [0, 0.1) is 0 Å². The van der Waals surface area contributed by atoms with Crippen molar-refractivity contribution in [2.75, 3.05) is 7.11 Å². The van der Waals surface area contributed by atoms with Crippen LogP contribution in [-0.4, -0.2) is 19.5 Å². The number of benzene rings is 1. The van der Waals surface area contributed by atoms with E-state index in [0.29, 0.717) is 11.1 Å². The lowest BCUT2D eigenvalue weighted by Gasteiger charge is -2.12. The molecule has 1 aromatic carbocycles. The number of carbonyl (C=O) groups excluding carboxylic acids is 1. The zero-order valence-electron chi connectivity index (χ0n) is 10.4. The van der Waals surface area contributed by atoms with Crippen molar-refractivity contribution < 1.29 is 23.0 Å². The van der Waals surface area contributed by atoms with E-state index >= 15 is 0 Å². The van der Waals surface area contributed by atoms with Gasteiger partial charge in [0.05, 0.1) is 7.11 Å². The normalized spacial score (nSPS) is 11.6. The molecule has 0 aliphatic heterocycles. The highest BCUT2D eigenvalue weighted by Gasteiger charge is 2.14. The second kappa shape index (κ2) is 6.14. The van der Waals surface area contributed by atoms with Crippen molar-refractivity contribution in [1.29, 1.82) is 0 Å². The van der Waals surface area contributed by atoms with E-state index in [2.05, 4.69) is 4.74 Å². The van der Waals surface area contributed by atoms with Crippen molar-refractivity contribution in [2.45, 2.75) is 20.5 Å². The second-order valence-electron chi connectivity index (χ2n) is 3.64. The van der Waals surface area contributed by atoms with Crippen molar-refractivity contribution >= 4 is 11.9 Å². The smallest absolute Gasteiger partial charge is 0.387 e. The van der Waals surface area contributed by atoms with Gasteiger partial charge >= 0.3 is 6.61 Å². The lowest BCUT2D eigenvalue weighted by molar-refractivity contribution is -0.113. The molecule has 0 aliphatic carbocycles. The van der Waals surface area contributed by atoms with Crippen LogP contribution in [0.2, 0.25) is 0 Å².